The van der Waals surface area contributed by atoms with Crippen LogP contribution in [0, 0.1) is 13.8 Å². The molecule has 0 saturated carbocycles. The SMILES string of the molecule is CN=C(NCc1coc(-c2ccc(C)cc2)n1)NCc1ccc(C)cc1OCCOC. The third kappa shape index (κ3) is 6.58. The summed E-state index contributed by atoms with van der Waals surface area (Å²) < 4.78 is 16.6. The Labute approximate surface area is 183 Å². The summed E-state index contributed by atoms with van der Waals surface area (Å²) in [5, 5.41) is 6.59. The zero-order valence-electron chi connectivity index (χ0n) is 18.6. The van der Waals surface area contributed by atoms with Gasteiger partial charge < -0.3 is 24.5 Å². The molecule has 0 aliphatic heterocycles. The fraction of sp³-hybridized carbons (Fsp3) is 0.333. The van der Waals surface area contributed by atoms with Gasteiger partial charge in [-0.15, -0.1) is 0 Å². The number of nitrogens with zero attached hydrogens (tertiary/aromatic N) is 2. The molecule has 0 radical (unpaired) electrons. The van der Waals surface area contributed by atoms with Gasteiger partial charge in [-0.3, -0.25) is 4.99 Å². The lowest BCUT2D eigenvalue weighted by Crippen LogP contribution is -2.36. The van der Waals surface area contributed by atoms with E-state index in [4.69, 9.17) is 13.9 Å². The number of rotatable bonds is 9. The lowest BCUT2D eigenvalue weighted by Gasteiger charge is -2.15. The van der Waals surface area contributed by atoms with E-state index in [0.717, 1.165) is 28.1 Å². The molecule has 0 fully saturated rings. The lowest BCUT2D eigenvalue weighted by molar-refractivity contribution is 0.145. The van der Waals surface area contributed by atoms with Crippen LogP contribution in [-0.4, -0.2) is 38.3 Å². The van der Waals surface area contributed by atoms with Crippen LogP contribution >= 0.6 is 0 Å². The van der Waals surface area contributed by atoms with Crippen LogP contribution in [-0.2, 0) is 17.8 Å². The summed E-state index contributed by atoms with van der Waals surface area (Å²) in [7, 11) is 3.40. The highest BCUT2D eigenvalue weighted by Gasteiger charge is 2.09. The average molecular weight is 423 g/mol. The molecular weight excluding hydrogens is 392 g/mol. The van der Waals surface area contributed by atoms with Crippen LogP contribution in [0.15, 0.2) is 58.1 Å². The van der Waals surface area contributed by atoms with Crippen LogP contribution in [0.5, 0.6) is 5.75 Å². The summed E-state index contributed by atoms with van der Waals surface area (Å²) in [4.78, 5) is 8.85. The van der Waals surface area contributed by atoms with Crippen molar-refractivity contribution in [3.05, 3.63) is 71.1 Å². The zero-order chi connectivity index (χ0) is 22.1. The molecule has 2 N–H and O–H groups in total. The normalized spacial score (nSPS) is 11.4. The molecule has 0 saturated heterocycles. The molecule has 31 heavy (non-hydrogen) atoms. The number of methoxy groups -OCH3 is 1. The van der Waals surface area contributed by atoms with Crippen molar-refractivity contribution in [3.8, 4) is 17.2 Å². The number of nitrogens with one attached hydrogen (secondary N) is 2. The molecule has 7 heteroatoms. The number of benzene rings is 2. The predicted octanol–water partition coefficient (Wildman–Crippen LogP) is 3.85. The van der Waals surface area contributed by atoms with Crippen molar-refractivity contribution in [2.75, 3.05) is 27.4 Å². The van der Waals surface area contributed by atoms with Crippen LogP contribution in [0.3, 0.4) is 0 Å². The molecule has 1 heterocycles. The largest absolute Gasteiger partial charge is 0.491 e. The topological polar surface area (TPSA) is 80.9 Å². The molecule has 0 bridgehead atoms. The van der Waals surface area contributed by atoms with Crippen molar-refractivity contribution in [2.45, 2.75) is 26.9 Å². The standard InChI is InChI=1S/C24H30N4O3/c1-17-5-8-19(9-6-17)23-28-21(16-31-23)15-27-24(25-3)26-14-20-10-7-18(2)13-22(20)30-12-11-29-4/h5-10,13,16H,11-12,14-15H2,1-4H3,(H2,25,26,27). The second kappa shape index (κ2) is 11.2. The Kier molecular flexibility index (Phi) is 8.06. The third-order valence-electron chi connectivity index (χ3n) is 4.72. The van der Waals surface area contributed by atoms with E-state index >= 15 is 0 Å². The molecule has 0 amide bonds. The maximum absolute atomic E-state index is 5.86. The smallest absolute Gasteiger partial charge is 0.226 e. The van der Waals surface area contributed by atoms with Gasteiger partial charge in [-0.1, -0.05) is 29.8 Å². The Hall–Kier alpha value is -3.32. The molecule has 2 aromatic carbocycles. The second-order valence-corrected chi connectivity index (χ2v) is 7.24. The maximum Gasteiger partial charge on any atom is 0.226 e. The molecule has 0 unspecified atom stereocenters. The minimum Gasteiger partial charge on any atom is -0.491 e. The molecule has 164 valence electrons. The van der Waals surface area contributed by atoms with Gasteiger partial charge in [0.2, 0.25) is 5.89 Å². The monoisotopic (exact) mass is 422 g/mol. The van der Waals surface area contributed by atoms with E-state index in [9.17, 15) is 0 Å². The predicted molar refractivity (Wildman–Crippen MR) is 122 cm³/mol. The van der Waals surface area contributed by atoms with E-state index in [1.165, 1.54) is 5.56 Å². The number of aliphatic imine (C=N–C) groups is 1. The summed E-state index contributed by atoms with van der Waals surface area (Å²) in [6.07, 6.45) is 1.66. The number of aromatic nitrogens is 1. The maximum atomic E-state index is 5.86. The summed E-state index contributed by atoms with van der Waals surface area (Å²) in [5.41, 5.74) is 5.16. The Morgan fingerprint density at radius 2 is 1.74 bits per heavy atom. The molecule has 0 aliphatic carbocycles. The van der Waals surface area contributed by atoms with Crippen LogP contribution in [0.25, 0.3) is 11.5 Å². The molecule has 0 aliphatic rings. The second-order valence-electron chi connectivity index (χ2n) is 7.24. The summed E-state index contributed by atoms with van der Waals surface area (Å²) in [5.74, 6) is 2.12. The number of aryl methyl sites for hydroxylation is 2. The summed E-state index contributed by atoms with van der Waals surface area (Å²) in [6.45, 7) is 6.24. The zero-order valence-corrected chi connectivity index (χ0v) is 18.6. The van der Waals surface area contributed by atoms with Gasteiger partial charge >= 0.3 is 0 Å². The van der Waals surface area contributed by atoms with E-state index in [1.54, 1.807) is 20.4 Å². The van der Waals surface area contributed by atoms with E-state index in [-0.39, 0.29) is 0 Å². The molecule has 1 aromatic heterocycles. The van der Waals surface area contributed by atoms with Crippen molar-refractivity contribution >= 4 is 5.96 Å². The van der Waals surface area contributed by atoms with Gasteiger partial charge in [0.25, 0.3) is 0 Å². The molecule has 0 spiro atoms. The fourth-order valence-corrected chi connectivity index (χ4v) is 2.97. The first kappa shape index (κ1) is 22.4. The minimum atomic E-state index is 0.500. The minimum absolute atomic E-state index is 0.500. The number of hydrogen-bond donors (Lipinski definition) is 2. The van der Waals surface area contributed by atoms with Crippen LogP contribution in [0.1, 0.15) is 22.4 Å². The van der Waals surface area contributed by atoms with Crippen LogP contribution in [0.4, 0.5) is 0 Å². The first-order valence-corrected chi connectivity index (χ1v) is 10.3. The Morgan fingerprint density at radius 1 is 1.00 bits per heavy atom. The van der Waals surface area contributed by atoms with E-state index in [1.807, 2.05) is 37.3 Å². The van der Waals surface area contributed by atoms with Gasteiger partial charge in [0.1, 0.15) is 18.6 Å². The van der Waals surface area contributed by atoms with Gasteiger partial charge in [-0.25, -0.2) is 4.98 Å². The van der Waals surface area contributed by atoms with E-state index in [2.05, 4.69) is 39.7 Å². The fourth-order valence-electron chi connectivity index (χ4n) is 2.97. The molecule has 3 rings (SSSR count). The van der Waals surface area contributed by atoms with Gasteiger partial charge in [0.05, 0.1) is 18.8 Å². The third-order valence-corrected chi connectivity index (χ3v) is 4.72. The highest BCUT2D eigenvalue weighted by molar-refractivity contribution is 5.79. The lowest BCUT2D eigenvalue weighted by atomic mass is 10.1. The van der Waals surface area contributed by atoms with Crippen molar-refractivity contribution in [1.29, 1.82) is 0 Å². The average Bonchev–Trinajstić information content (AvgIpc) is 3.24. The first-order chi connectivity index (χ1) is 15.1. The highest BCUT2D eigenvalue weighted by Crippen LogP contribution is 2.21. The molecule has 0 atom stereocenters. The number of ether oxygens (including phenoxy) is 2. The van der Waals surface area contributed by atoms with Gasteiger partial charge in [-0.2, -0.15) is 0 Å². The van der Waals surface area contributed by atoms with Gasteiger partial charge in [0.15, 0.2) is 5.96 Å². The molecule has 3 aromatic rings. The number of guanidine groups is 1. The van der Waals surface area contributed by atoms with Crippen molar-refractivity contribution < 1.29 is 13.9 Å². The Bertz CT molecular complexity index is 996. The van der Waals surface area contributed by atoms with Crippen LogP contribution in [0.2, 0.25) is 0 Å². The Morgan fingerprint density at radius 3 is 2.48 bits per heavy atom. The summed E-state index contributed by atoms with van der Waals surface area (Å²) in [6, 6.07) is 14.3. The van der Waals surface area contributed by atoms with Crippen molar-refractivity contribution in [3.63, 3.8) is 0 Å². The van der Waals surface area contributed by atoms with Crippen molar-refractivity contribution in [1.82, 2.24) is 15.6 Å². The number of oxazole rings is 1. The Balaban J connectivity index is 1.55. The molecular formula is C24H30N4O3. The molecule has 7 nitrogen and oxygen atoms in total. The van der Waals surface area contributed by atoms with Gasteiger partial charge in [-0.05, 0) is 37.6 Å². The number of hydrogen-bond acceptors (Lipinski definition) is 5. The van der Waals surface area contributed by atoms with Gasteiger partial charge in [0, 0.05) is 31.8 Å². The quantitative estimate of drug-likeness (QED) is 0.310. The van der Waals surface area contributed by atoms with E-state index in [0.29, 0.717) is 38.2 Å². The highest BCUT2D eigenvalue weighted by atomic mass is 16.5. The van der Waals surface area contributed by atoms with Crippen LogP contribution < -0.4 is 15.4 Å². The summed E-state index contributed by atoms with van der Waals surface area (Å²) >= 11 is 0. The van der Waals surface area contributed by atoms with Crippen molar-refractivity contribution in [2.24, 2.45) is 4.99 Å². The van der Waals surface area contributed by atoms with E-state index < -0.39 is 0 Å². The first-order valence-electron chi connectivity index (χ1n) is 10.3.